The molecule has 1 atom stereocenters. The largest absolute Gasteiger partial charge is 0.480 e. The zero-order valence-electron chi connectivity index (χ0n) is 10.7. The second kappa shape index (κ2) is 6.90. The number of rotatable bonds is 4. The first kappa shape index (κ1) is 16.7. The molecule has 20 heavy (non-hydrogen) atoms. The van der Waals surface area contributed by atoms with Crippen LogP contribution in [0.25, 0.3) is 0 Å². The first-order valence-corrected chi connectivity index (χ1v) is 6.84. The molecule has 0 unspecified atom stereocenters. The fourth-order valence-corrected chi connectivity index (χ4v) is 2.36. The van der Waals surface area contributed by atoms with Crippen LogP contribution < -0.4 is 10.6 Å². The molecular formula is C12H13BrClFN2O3. The zero-order valence-corrected chi connectivity index (χ0v) is 13.0. The van der Waals surface area contributed by atoms with Crippen molar-refractivity contribution in [2.24, 2.45) is 5.92 Å². The summed E-state index contributed by atoms with van der Waals surface area (Å²) in [6, 6.07) is 0.408. The van der Waals surface area contributed by atoms with Gasteiger partial charge in [0, 0.05) is 4.47 Å². The van der Waals surface area contributed by atoms with Gasteiger partial charge in [-0.3, -0.25) is 0 Å². The van der Waals surface area contributed by atoms with Crippen molar-refractivity contribution in [3.05, 3.63) is 27.4 Å². The Bertz CT molecular complexity index is 516. The van der Waals surface area contributed by atoms with Gasteiger partial charge in [0.05, 0.1) is 10.7 Å². The molecule has 0 aliphatic carbocycles. The lowest BCUT2D eigenvalue weighted by molar-refractivity contribution is -0.140. The van der Waals surface area contributed by atoms with Gasteiger partial charge in [0.25, 0.3) is 0 Å². The summed E-state index contributed by atoms with van der Waals surface area (Å²) in [5.74, 6) is -1.98. The van der Waals surface area contributed by atoms with Crippen molar-refractivity contribution >= 4 is 45.2 Å². The Kier molecular flexibility index (Phi) is 5.76. The summed E-state index contributed by atoms with van der Waals surface area (Å²) in [5, 5.41) is 13.7. The van der Waals surface area contributed by atoms with Gasteiger partial charge < -0.3 is 15.7 Å². The average Bonchev–Trinajstić information content (AvgIpc) is 2.29. The van der Waals surface area contributed by atoms with Crippen LogP contribution in [-0.2, 0) is 4.79 Å². The molecule has 0 spiro atoms. The number of anilines is 1. The fourth-order valence-electron chi connectivity index (χ4n) is 1.47. The third-order valence-corrected chi connectivity index (χ3v) is 3.39. The molecule has 0 fully saturated rings. The smallest absolute Gasteiger partial charge is 0.326 e. The van der Waals surface area contributed by atoms with Crippen LogP contribution in [0.1, 0.15) is 13.8 Å². The number of halogens is 3. The van der Waals surface area contributed by atoms with Crippen LogP contribution in [0.15, 0.2) is 16.6 Å². The number of hydrogen-bond acceptors (Lipinski definition) is 2. The number of carboxylic acid groups (broad SMARTS) is 1. The first-order valence-electron chi connectivity index (χ1n) is 5.67. The number of nitrogens with one attached hydrogen (secondary N) is 2. The molecule has 5 nitrogen and oxygen atoms in total. The number of carbonyl (C=O) groups is 2. The van der Waals surface area contributed by atoms with Crippen LogP contribution in [0.2, 0.25) is 5.02 Å². The number of urea groups is 1. The van der Waals surface area contributed by atoms with E-state index < -0.39 is 23.9 Å². The number of hydrogen-bond donors (Lipinski definition) is 3. The molecule has 1 rings (SSSR count). The van der Waals surface area contributed by atoms with Gasteiger partial charge in [0.1, 0.15) is 11.9 Å². The van der Waals surface area contributed by atoms with Gasteiger partial charge in [-0.1, -0.05) is 25.4 Å². The summed E-state index contributed by atoms with van der Waals surface area (Å²) >= 11 is 8.88. The van der Waals surface area contributed by atoms with Crippen molar-refractivity contribution in [2.45, 2.75) is 19.9 Å². The van der Waals surface area contributed by atoms with Crippen LogP contribution >= 0.6 is 27.5 Å². The molecule has 1 aromatic rings. The molecular weight excluding hydrogens is 354 g/mol. The van der Waals surface area contributed by atoms with E-state index in [1.165, 1.54) is 0 Å². The third-order valence-electron chi connectivity index (χ3n) is 2.46. The highest BCUT2D eigenvalue weighted by atomic mass is 79.9. The van der Waals surface area contributed by atoms with E-state index in [1.54, 1.807) is 13.8 Å². The van der Waals surface area contributed by atoms with E-state index in [0.717, 1.165) is 12.1 Å². The summed E-state index contributed by atoms with van der Waals surface area (Å²) in [5.41, 5.74) is 0.165. The molecule has 0 aromatic heterocycles. The summed E-state index contributed by atoms with van der Waals surface area (Å²) in [6.07, 6.45) is 0. The molecule has 110 valence electrons. The van der Waals surface area contributed by atoms with Crippen LogP contribution in [-0.4, -0.2) is 23.1 Å². The van der Waals surface area contributed by atoms with E-state index in [2.05, 4.69) is 26.6 Å². The number of carbonyl (C=O) groups excluding carboxylic acids is 1. The number of carboxylic acids is 1. The van der Waals surface area contributed by atoms with E-state index in [1.807, 2.05) is 0 Å². The molecule has 0 saturated carbocycles. The lowest BCUT2D eigenvalue weighted by atomic mass is 10.1. The van der Waals surface area contributed by atoms with Crippen molar-refractivity contribution < 1.29 is 19.1 Å². The van der Waals surface area contributed by atoms with Crippen LogP contribution in [0, 0.1) is 11.7 Å². The van der Waals surface area contributed by atoms with Crippen LogP contribution in [0.3, 0.4) is 0 Å². The van der Waals surface area contributed by atoms with E-state index >= 15 is 0 Å². The Hall–Kier alpha value is -1.34. The predicted octanol–water partition coefficient (Wildman–Crippen LogP) is 3.47. The Labute approximate surface area is 128 Å². The maximum atomic E-state index is 13.0. The van der Waals surface area contributed by atoms with Gasteiger partial charge in [0.15, 0.2) is 0 Å². The van der Waals surface area contributed by atoms with Crippen LogP contribution in [0.5, 0.6) is 0 Å². The Morgan fingerprint density at radius 2 is 2.00 bits per heavy atom. The Balaban J connectivity index is 2.84. The maximum Gasteiger partial charge on any atom is 0.326 e. The normalized spacial score (nSPS) is 12.1. The minimum atomic E-state index is -1.14. The van der Waals surface area contributed by atoms with E-state index in [0.29, 0.717) is 0 Å². The summed E-state index contributed by atoms with van der Waals surface area (Å²) in [6.45, 7) is 3.33. The van der Waals surface area contributed by atoms with Crippen molar-refractivity contribution in [1.29, 1.82) is 0 Å². The van der Waals surface area contributed by atoms with Crippen molar-refractivity contribution in [3.8, 4) is 0 Å². The molecule has 0 radical (unpaired) electrons. The van der Waals surface area contributed by atoms with E-state index in [9.17, 15) is 14.0 Å². The Morgan fingerprint density at radius 3 is 2.45 bits per heavy atom. The van der Waals surface area contributed by atoms with Gasteiger partial charge in [0.2, 0.25) is 0 Å². The standard InChI is InChI=1S/C12H13BrClFN2O3/c1-5(2)9(11(18)19)16-12(20)17-10-7(13)3-6(15)4-8(10)14/h3-5,9H,1-2H3,(H,18,19)(H2,16,17,20)/t9-/m1/s1. The third kappa shape index (κ3) is 4.35. The molecule has 0 bridgehead atoms. The molecule has 3 N–H and O–H groups in total. The highest BCUT2D eigenvalue weighted by Crippen LogP contribution is 2.31. The fraction of sp³-hybridized carbons (Fsp3) is 0.333. The molecule has 0 saturated heterocycles. The van der Waals surface area contributed by atoms with Gasteiger partial charge in [-0.15, -0.1) is 0 Å². The summed E-state index contributed by atoms with van der Waals surface area (Å²) in [7, 11) is 0. The van der Waals surface area contributed by atoms with Gasteiger partial charge in [-0.25, -0.2) is 14.0 Å². The lowest BCUT2D eigenvalue weighted by Gasteiger charge is -2.19. The number of aliphatic carboxylic acids is 1. The molecule has 1 aromatic carbocycles. The molecule has 0 aliphatic heterocycles. The molecule has 0 aliphatic rings. The SMILES string of the molecule is CC(C)[C@@H](NC(=O)Nc1c(Cl)cc(F)cc1Br)C(=O)O. The van der Waals surface area contributed by atoms with E-state index in [-0.39, 0.29) is 21.1 Å². The van der Waals surface area contributed by atoms with Gasteiger partial charge in [-0.2, -0.15) is 0 Å². The van der Waals surface area contributed by atoms with Crippen molar-refractivity contribution in [1.82, 2.24) is 5.32 Å². The Morgan fingerprint density at radius 1 is 1.40 bits per heavy atom. The average molecular weight is 368 g/mol. The molecule has 8 heteroatoms. The highest BCUT2D eigenvalue weighted by Gasteiger charge is 2.24. The zero-order chi connectivity index (χ0) is 15.4. The van der Waals surface area contributed by atoms with Gasteiger partial charge in [-0.05, 0) is 34.0 Å². The summed E-state index contributed by atoms with van der Waals surface area (Å²) in [4.78, 5) is 22.7. The first-order chi connectivity index (χ1) is 9.22. The quantitative estimate of drug-likeness (QED) is 0.762. The minimum absolute atomic E-state index is 0.00319. The molecule has 0 heterocycles. The topological polar surface area (TPSA) is 78.4 Å². The summed E-state index contributed by atoms with van der Waals surface area (Å²) < 4.78 is 13.3. The predicted molar refractivity (Wildman–Crippen MR) is 77.5 cm³/mol. The minimum Gasteiger partial charge on any atom is -0.480 e. The highest BCUT2D eigenvalue weighted by molar-refractivity contribution is 9.10. The monoisotopic (exact) mass is 366 g/mol. The number of benzene rings is 1. The number of amides is 2. The second-order valence-corrected chi connectivity index (χ2v) is 5.66. The maximum absolute atomic E-state index is 13.0. The van der Waals surface area contributed by atoms with E-state index in [4.69, 9.17) is 16.7 Å². The lowest BCUT2D eigenvalue weighted by Crippen LogP contribution is -2.46. The van der Waals surface area contributed by atoms with Crippen molar-refractivity contribution in [2.75, 3.05) is 5.32 Å². The van der Waals surface area contributed by atoms with Gasteiger partial charge >= 0.3 is 12.0 Å². The second-order valence-electron chi connectivity index (χ2n) is 4.40. The van der Waals surface area contributed by atoms with Crippen molar-refractivity contribution in [3.63, 3.8) is 0 Å². The van der Waals surface area contributed by atoms with Crippen LogP contribution in [0.4, 0.5) is 14.9 Å². The molecule has 2 amide bonds.